The Morgan fingerprint density at radius 2 is 1.94 bits per heavy atom. The molecule has 0 unspecified atom stereocenters. The van der Waals surface area contributed by atoms with E-state index in [2.05, 4.69) is 32.0 Å². The van der Waals surface area contributed by atoms with Crippen LogP contribution in [0, 0.1) is 24.5 Å². The molecule has 1 fully saturated rings. The smallest absolute Gasteiger partial charge is 0.223 e. The molecule has 3 aromatic heterocycles. The lowest BCUT2D eigenvalue weighted by Gasteiger charge is -2.36. The molecule has 5 rings (SSSR count). The Labute approximate surface area is 195 Å². The van der Waals surface area contributed by atoms with Gasteiger partial charge in [-0.2, -0.15) is 9.61 Å². The molecule has 34 heavy (non-hydrogen) atoms. The molecule has 0 aliphatic carbocycles. The average Bonchev–Trinajstić information content (AvgIpc) is 3.38. The second-order valence-corrected chi connectivity index (χ2v) is 9.44. The van der Waals surface area contributed by atoms with Crippen LogP contribution in [0.1, 0.15) is 50.7 Å². The number of aliphatic hydroxyl groups is 1. The third-order valence-electron chi connectivity index (χ3n) is 6.80. The van der Waals surface area contributed by atoms with Gasteiger partial charge < -0.3 is 15.7 Å². The maximum atomic E-state index is 14.3. The van der Waals surface area contributed by atoms with Crippen molar-refractivity contribution in [3.8, 4) is 0 Å². The van der Waals surface area contributed by atoms with Gasteiger partial charge >= 0.3 is 0 Å². The SMILES string of the molecule is Cc1c(N2C[C@@H](C)C[C@@H](c3nc4c5cc(F)cc(F)c5nc(N)n4n3)C2)cnn1[C@@H](C)[C@H](C)O. The van der Waals surface area contributed by atoms with Gasteiger partial charge in [0, 0.05) is 25.1 Å². The Kier molecular flexibility index (Phi) is 5.38. The lowest BCUT2D eigenvalue weighted by molar-refractivity contribution is 0.131. The summed E-state index contributed by atoms with van der Waals surface area (Å²) in [4.78, 5) is 11.0. The van der Waals surface area contributed by atoms with Crippen molar-refractivity contribution in [3.63, 3.8) is 0 Å². The van der Waals surface area contributed by atoms with Crippen LogP contribution >= 0.6 is 0 Å². The monoisotopic (exact) mass is 470 g/mol. The summed E-state index contributed by atoms with van der Waals surface area (Å²) < 4.78 is 31.4. The number of nitrogen functional groups attached to an aromatic ring is 1. The molecular formula is C23H28F2N8O. The van der Waals surface area contributed by atoms with Gasteiger partial charge in [-0.3, -0.25) is 4.68 Å². The molecule has 0 saturated carbocycles. The Morgan fingerprint density at radius 3 is 2.68 bits per heavy atom. The molecule has 0 amide bonds. The summed E-state index contributed by atoms with van der Waals surface area (Å²) in [5, 5.41) is 19.3. The molecule has 9 nitrogen and oxygen atoms in total. The first-order chi connectivity index (χ1) is 16.1. The van der Waals surface area contributed by atoms with Crippen LogP contribution in [0.3, 0.4) is 0 Å². The van der Waals surface area contributed by atoms with E-state index >= 15 is 0 Å². The third-order valence-corrected chi connectivity index (χ3v) is 6.80. The topological polar surface area (TPSA) is 110 Å². The summed E-state index contributed by atoms with van der Waals surface area (Å²) in [5.41, 5.74) is 8.28. The highest BCUT2D eigenvalue weighted by Crippen LogP contribution is 2.34. The van der Waals surface area contributed by atoms with E-state index in [-0.39, 0.29) is 34.5 Å². The van der Waals surface area contributed by atoms with Crippen LogP contribution < -0.4 is 10.6 Å². The van der Waals surface area contributed by atoms with Crippen molar-refractivity contribution in [1.82, 2.24) is 29.4 Å². The number of aromatic nitrogens is 6. The van der Waals surface area contributed by atoms with Gasteiger partial charge in [-0.05, 0) is 39.2 Å². The zero-order valence-electron chi connectivity index (χ0n) is 19.6. The summed E-state index contributed by atoms with van der Waals surface area (Å²) in [6, 6.07) is 1.84. The quantitative estimate of drug-likeness (QED) is 0.471. The predicted octanol–water partition coefficient (Wildman–Crippen LogP) is 3.21. The van der Waals surface area contributed by atoms with Gasteiger partial charge in [-0.25, -0.2) is 18.7 Å². The molecule has 0 spiro atoms. The predicted molar refractivity (Wildman–Crippen MR) is 125 cm³/mol. The van der Waals surface area contributed by atoms with E-state index in [1.807, 2.05) is 24.7 Å². The fraction of sp³-hybridized carbons (Fsp3) is 0.478. The van der Waals surface area contributed by atoms with E-state index in [1.54, 1.807) is 6.92 Å². The minimum absolute atomic E-state index is 0.00305. The van der Waals surface area contributed by atoms with Gasteiger partial charge in [0.05, 0.1) is 35.1 Å². The van der Waals surface area contributed by atoms with Crippen LogP contribution in [0.4, 0.5) is 20.4 Å². The number of hydrogen-bond acceptors (Lipinski definition) is 7. The fourth-order valence-electron chi connectivity index (χ4n) is 4.92. The Bertz CT molecular complexity index is 1380. The Hall–Kier alpha value is -3.34. The Balaban J connectivity index is 1.53. The fourth-order valence-corrected chi connectivity index (χ4v) is 4.92. The van der Waals surface area contributed by atoms with Crippen LogP contribution in [0.15, 0.2) is 18.3 Å². The van der Waals surface area contributed by atoms with Crippen molar-refractivity contribution in [2.24, 2.45) is 5.92 Å². The highest BCUT2D eigenvalue weighted by molar-refractivity contribution is 5.92. The standard InChI is InChI=1S/C23H28F2N8O/c1-11-5-15(10-31(9-11)19-8-27-32(13(19)3)12(2)14(4)34)21-29-22-17-6-16(24)7-18(25)20(17)28-23(26)33(22)30-21/h6-8,11-12,14-15,34H,5,9-10H2,1-4H3,(H2,26,28)/t11-,12-,14-,15+/m0/s1. The molecule has 3 N–H and O–H groups in total. The normalized spacial score (nSPS) is 20.9. The summed E-state index contributed by atoms with van der Waals surface area (Å²) >= 11 is 0. The molecule has 0 radical (unpaired) electrons. The van der Waals surface area contributed by atoms with Crippen molar-refractivity contribution in [2.75, 3.05) is 23.7 Å². The average molecular weight is 471 g/mol. The van der Waals surface area contributed by atoms with E-state index in [0.29, 0.717) is 18.3 Å². The summed E-state index contributed by atoms with van der Waals surface area (Å²) in [7, 11) is 0. The van der Waals surface area contributed by atoms with Gasteiger partial charge in [0.25, 0.3) is 0 Å². The second-order valence-electron chi connectivity index (χ2n) is 9.44. The highest BCUT2D eigenvalue weighted by Gasteiger charge is 2.31. The number of hydrogen-bond donors (Lipinski definition) is 2. The molecule has 4 atom stereocenters. The number of aliphatic hydroxyl groups excluding tert-OH is 1. The molecule has 180 valence electrons. The molecule has 1 saturated heterocycles. The van der Waals surface area contributed by atoms with Crippen molar-refractivity contribution in [1.29, 1.82) is 0 Å². The van der Waals surface area contributed by atoms with Crippen molar-refractivity contribution >= 4 is 28.2 Å². The van der Waals surface area contributed by atoms with E-state index < -0.39 is 17.7 Å². The molecule has 1 aliphatic rings. The molecular weight excluding hydrogens is 442 g/mol. The van der Waals surface area contributed by atoms with Gasteiger partial charge in [0.2, 0.25) is 5.95 Å². The zero-order chi connectivity index (χ0) is 24.3. The first-order valence-corrected chi connectivity index (χ1v) is 11.4. The van der Waals surface area contributed by atoms with Crippen molar-refractivity contribution in [3.05, 3.63) is 41.5 Å². The lowest BCUT2D eigenvalue weighted by Crippen LogP contribution is -2.39. The van der Waals surface area contributed by atoms with Crippen LogP contribution in [0.5, 0.6) is 0 Å². The first-order valence-electron chi connectivity index (χ1n) is 11.4. The number of rotatable bonds is 4. The number of fused-ring (bicyclic) bond motifs is 3. The molecule has 4 heterocycles. The first kappa shape index (κ1) is 22.5. The minimum atomic E-state index is -0.787. The van der Waals surface area contributed by atoms with E-state index in [9.17, 15) is 13.9 Å². The number of benzene rings is 1. The van der Waals surface area contributed by atoms with E-state index in [0.717, 1.165) is 30.4 Å². The number of nitrogens with two attached hydrogens (primary N) is 1. The molecule has 1 aliphatic heterocycles. The molecule has 11 heteroatoms. The Morgan fingerprint density at radius 1 is 1.18 bits per heavy atom. The van der Waals surface area contributed by atoms with Crippen LogP contribution in [-0.2, 0) is 0 Å². The summed E-state index contributed by atoms with van der Waals surface area (Å²) in [6.45, 7) is 9.36. The van der Waals surface area contributed by atoms with Crippen LogP contribution in [-0.4, -0.2) is 53.7 Å². The maximum Gasteiger partial charge on any atom is 0.223 e. The van der Waals surface area contributed by atoms with Gasteiger partial charge in [-0.15, -0.1) is 5.10 Å². The minimum Gasteiger partial charge on any atom is -0.391 e. The number of piperidine rings is 1. The second kappa shape index (κ2) is 8.15. The van der Waals surface area contributed by atoms with Gasteiger partial charge in [0.1, 0.15) is 11.3 Å². The van der Waals surface area contributed by atoms with Gasteiger partial charge in [-0.1, -0.05) is 6.92 Å². The largest absolute Gasteiger partial charge is 0.391 e. The third kappa shape index (κ3) is 3.64. The maximum absolute atomic E-state index is 14.3. The number of nitrogens with zero attached hydrogens (tertiary/aromatic N) is 7. The lowest BCUT2D eigenvalue weighted by atomic mass is 9.89. The van der Waals surface area contributed by atoms with Crippen molar-refractivity contribution < 1.29 is 13.9 Å². The van der Waals surface area contributed by atoms with E-state index in [1.165, 1.54) is 10.6 Å². The van der Waals surface area contributed by atoms with Crippen molar-refractivity contribution in [2.45, 2.75) is 52.2 Å². The molecule has 1 aromatic carbocycles. The summed E-state index contributed by atoms with van der Waals surface area (Å²) in [5.74, 6) is -0.608. The van der Waals surface area contributed by atoms with E-state index in [4.69, 9.17) is 5.73 Å². The molecule has 4 aromatic rings. The number of anilines is 2. The zero-order valence-corrected chi connectivity index (χ0v) is 19.6. The molecule has 0 bridgehead atoms. The summed E-state index contributed by atoms with van der Waals surface area (Å²) in [6.07, 6.45) is 2.17. The number of halogens is 2. The van der Waals surface area contributed by atoms with Gasteiger partial charge in [0.15, 0.2) is 17.3 Å². The highest BCUT2D eigenvalue weighted by atomic mass is 19.1. The van der Waals surface area contributed by atoms with Crippen LogP contribution in [0.2, 0.25) is 0 Å². The van der Waals surface area contributed by atoms with Crippen LogP contribution in [0.25, 0.3) is 16.6 Å².